The Morgan fingerprint density at radius 3 is 2.65 bits per heavy atom. The summed E-state index contributed by atoms with van der Waals surface area (Å²) in [5.41, 5.74) is 3.45. The van der Waals surface area contributed by atoms with Gasteiger partial charge in [-0.2, -0.15) is 0 Å². The van der Waals surface area contributed by atoms with Crippen molar-refractivity contribution in [1.82, 2.24) is 4.98 Å². The summed E-state index contributed by atoms with van der Waals surface area (Å²) in [6.07, 6.45) is 2.45. The number of aromatic nitrogens is 1. The molecular weight excluding hydrogens is 290 g/mol. The highest BCUT2D eigenvalue weighted by Gasteiger charge is 2.32. The highest BCUT2D eigenvalue weighted by Crippen LogP contribution is 2.36. The highest BCUT2D eigenvalue weighted by atomic mass is 16.6. The number of aryl methyl sites for hydroxylation is 2. The monoisotopic (exact) mass is 311 g/mol. The van der Waals surface area contributed by atoms with Crippen LogP contribution in [0.3, 0.4) is 0 Å². The van der Waals surface area contributed by atoms with Crippen LogP contribution in [0.15, 0.2) is 36.5 Å². The molecular formula is C18H21N3O2. The fourth-order valence-electron chi connectivity index (χ4n) is 3.50. The van der Waals surface area contributed by atoms with Gasteiger partial charge in [-0.3, -0.25) is 10.1 Å². The van der Waals surface area contributed by atoms with Crippen LogP contribution in [0.1, 0.15) is 36.0 Å². The number of hydrogen-bond acceptors (Lipinski definition) is 4. The van der Waals surface area contributed by atoms with E-state index in [9.17, 15) is 10.1 Å². The van der Waals surface area contributed by atoms with Crippen molar-refractivity contribution in [3.63, 3.8) is 0 Å². The minimum absolute atomic E-state index is 0.0797. The quantitative estimate of drug-likeness (QED) is 0.635. The summed E-state index contributed by atoms with van der Waals surface area (Å²) in [7, 11) is 0. The van der Waals surface area contributed by atoms with Crippen molar-refractivity contribution < 1.29 is 4.92 Å². The fourth-order valence-corrected chi connectivity index (χ4v) is 3.50. The van der Waals surface area contributed by atoms with Gasteiger partial charge < -0.3 is 4.90 Å². The van der Waals surface area contributed by atoms with Gasteiger partial charge in [0.2, 0.25) is 0 Å². The molecule has 0 spiro atoms. The van der Waals surface area contributed by atoms with Gasteiger partial charge in [-0.15, -0.1) is 0 Å². The molecule has 0 saturated carbocycles. The molecule has 23 heavy (non-hydrogen) atoms. The van der Waals surface area contributed by atoms with Gasteiger partial charge in [0.15, 0.2) is 0 Å². The highest BCUT2D eigenvalue weighted by molar-refractivity contribution is 5.51. The standard InChI is InChI=1S/C18H21N3O2/c1-12-6-4-5-7-16(12)15-9-14(3)20(11-15)18-8-13(2)17(10-19-18)21(22)23/h4-8,10,14-15H,9,11H2,1-3H3. The van der Waals surface area contributed by atoms with Gasteiger partial charge in [0.25, 0.3) is 5.69 Å². The molecule has 2 atom stereocenters. The molecule has 2 unspecified atom stereocenters. The van der Waals surface area contributed by atoms with E-state index in [1.807, 2.05) is 6.07 Å². The normalized spacial score (nSPS) is 20.7. The van der Waals surface area contributed by atoms with Gasteiger partial charge in [0.1, 0.15) is 12.0 Å². The number of rotatable bonds is 3. The van der Waals surface area contributed by atoms with Gasteiger partial charge in [-0.05, 0) is 44.4 Å². The van der Waals surface area contributed by atoms with Crippen LogP contribution in [0.4, 0.5) is 11.5 Å². The molecule has 1 aliphatic rings. The number of hydrogen-bond donors (Lipinski definition) is 0. The van der Waals surface area contributed by atoms with Gasteiger partial charge >= 0.3 is 0 Å². The third-order valence-corrected chi connectivity index (χ3v) is 4.76. The second kappa shape index (κ2) is 5.99. The Hall–Kier alpha value is -2.43. The Bertz CT molecular complexity index is 745. The van der Waals surface area contributed by atoms with Crippen molar-refractivity contribution in [2.45, 2.75) is 39.2 Å². The smallest absolute Gasteiger partial charge is 0.290 e. The molecule has 1 saturated heterocycles. The molecule has 1 aromatic heterocycles. The molecule has 120 valence electrons. The van der Waals surface area contributed by atoms with Gasteiger partial charge in [-0.1, -0.05) is 24.3 Å². The number of benzene rings is 1. The molecule has 5 heteroatoms. The predicted octanol–water partition coefficient (Wildman–Crippen LogP) is 3.99. The Morgan fingerprint density at radius 2 is 2.00 bits per heavy atom. The van der Waals surface area contributed by atoms with E-state index in [1.165, 1.54) is 17.3 Å². The lowest BCUT2D eigenvalue weighted by Gasteiger charge is -2.23. The maximum absolute atomic E-state index is 10.9. The summed E-state index contributed by atoms with van der Waals surface area (Å²) in [6.45, 7) is 7.01. The number of anilines is 1. The minimum atomic E-state index is -0.379. The first-order valence-corrected chi connectivity index (χ1v) is 7.90. The summed E-state index contributed by atoms with van der Waals surface area (Å²) in [6, 6.07) is 10.7. The van der Waals surface area contributed by atoms with Crippen molar-refractivity contribution in [3.8, 4) is 0 Å². The van der Waals surface area contributed by atoms with Gasteiger partial charge in [0, 0.05) is 24.1 Å². The Morgan fingerprint density at radius 1 is 1.26 bits per heavy atom. The van der Waals surface area contributed by atoms with E-state index in [0.717, 1.165) is 18.8 Å². The average molecular weight is 311 g/mol. The minimum Gasteiger partial charge on any atom is -0.353 e. The summed E-state index contributed by atoms with van der Waals surface area (Å²) in [4.78, 5) is 17.2. The molecule has 5 nitrogen and oxygen atoms in total. The van der Waals surface area contributed by atoms with Crippen LogP contribution in [0.2, 0.25) is 0 Å². The van der Waals surface area contributed by atoms with E-state index < -0.39 is 0 Å². The zero-order valence-corrected chi connectivity index (χ0v) is 13.7. The number of nitro groups is 1. The maximum Gasteiger partial charge on any atom is 0.290 e. The second-order valence-corrected chi connectivity index (χ2v) is 6.38. The Labute approximate surface area is 136 Å². The van der Waals surface area contributed by atoms with Crippen molar-refractivity contribution in [2.75, 3.05) is 11.4 Å². The van der Waals surface area contributed by atoms with E-state index >= 15 is 0 Å². The molecule has 2 aromatic rings. The zero-order valence-electron chi connectivity index (χ0n) is 13.7. The van der Waals surface area contributed by atoms with E-state index in [1.54, 1.807) is 6.92 Å². The van der Waals surface area contributed by atoms with Crippen LogP contribution >= 0.6 is 0 Å². The fraction of sp³-hybridized carbons (Fsp3) is 0.389. The molecule has 3 rings (SSSR count). The average Bonchev–Trinajstić information content (AvgIpc) is 2.89. The molecule has 1 aromatic carbocycles. The zero-order chi connectivity index (χ0) is 16.6. The van der Waals surface area contributed by atoms with Crippen LogP contribution in [0.25, 0.3) is 0 Å². The maximum atomic E-state index is 10.9. The summed E-state index contributed by atoms with van der Waals surface area (Å²) in [5.74, 6) is 1.31. The SMILES string of the molecule is Cc1ccccc1C1CC(C)N(c2cc(C)c([N+](=O)[O-])cn2)C1. The molecule has 0 radical (unpaired) electrons. The van der Waals surface area contributed by atoms with Crippen molar-refractivity contribution in [2.24, 2.45) is 0 Å². The molecule has 1 aliphatic heterocycles. The van der Waals surface area contributed by atoms with Crippen molar-refractivity contribution >= 4 is 11.5 Å². The first-order chi connectivity index (χ1) is 11.0. The first-order valence-electron chi connectivity index (χ1n) is 7.90. The van der Waals surface area contributed by atoms with E-state index in [0.29, 0.717) is 17.5 Å². The second-order valence-electron chi connectivity index (χ2n) is 6.38. The Balaban J connectivity index is 1.86. The van der Waals surface area contributed by atoms with Crippen LogP contribution < -0.4 is 4.90 Å². The Kier molecular flexibility index (Phi) is 4.03. The lowest BCUT2D eigenvalue weighted by molar-refractivity contribution is -0.385. The summed E-state index contributed by atoms with van der Waals surface area (Å²) < 4.78 is 0. The predicted molar refractivity (Wildman–Crippen MR) is 91.0 cm³/mol. The first kappa shape index (κ1) is 15.5. The molecule has 0 bridgehead atoms. The lowest BCUT2D eigenvalue weighted by Crippen LogP contribution is -2.27. The van der Waals surface area contributed by atoms with Gasteiger partial charge in [0.05, 0.1) is 4.92 Å². The lowest BCUT2D eigenvalue weighted by atomic mass is 9.93. The van der Waals surface area contributed by atoms with E-state index in [-0.39, 0.29) is 10.6 Å². The number of nitrogens with zero attached hydrogens (tertiary/aromatic N) is 3. The van der Waals surface area contributed by atoms with Crippen molar-refractivity contribution in [1.29, 1.82) is 0 Å². The summed E-state index contributed by atoms with van der Waals surface area (Å²) >= 11 is 0. The van der Waals surface area contributed by atoms with E-state index in [2.05, 4.69) is 48.0 Å². The third-order valence-electron chi connectivity index (χ3n) is 4.76. The molecule has 0 aliphatic carbocycles. The van der Waals surface area contributed by atoms with Gasteiger partial charge in [-0.25, -0.2) is 4.98 Å². The van der Waals surface area contributed by atoms with E-state index in [4.69, 9.17) is 0 Å². The number of pyridine rings is 1. The molecule has 0 N–H and O–H groups in total. The van der Waals surface area contributed by atoms with Crippen molar-refractivity contribution in [3.05, 3.63) is 63.3 Å². The topological polar surface area (TPSA) is 59.3 Å². The van der Waals surface area contributed by atoms with Crippen LogP contribution in [0.5, 0.6) is 0 Å². The molecule has 1 fully saturated rings. The van der Waals surface area contributed by atoms with Crippen LogP contribution in [-0.2, 0) is 0 Å². The third kappa shape index (κ3) is 2.91. The molecule has 2 heterocycles. The van der Waals surface area contributed by atoms with Crippen LogP contribution in [-0.4, -0.2) is 22.5 Å². The van der Waals surface area contributed by atoms with Crippen LogP contribution in [0, 0.1) is 24.0 Å². The summed E-state index contributed by atoms with van der Waals surface area (Å²) in [5, 5.41) is 10.9. The molecule has 0 amide bonds. The largest absolute Gasteiger partial charge is 0.353 e.